The van der Waals surface area contributed by atoms with Crippen molar-refractivity contribution in [3.8, 4) is 0 Å². The fraction of sp³-hybridized carbons (Fsp3) is 0.0714. The zero-order valence-electron chi connectivity index (χ0n) is 8.80. The Kier molecular flexibility index (Phi) is 2.08. The molecule has 0 atom stereocenters. The summed E-state index contributed by atoms with van der Waals surface area (Å²) in [6.45, 7) is 0.0932. The maximum absolute atomic E-state index is 9.11. The summed E-state index contributed by atoms with van der Waals surface area (Å²) in [5, 5.41) is 11.5. The van der Waals surface area contributed by atoms with Crippen molar-refractivity contribution in [3.05, 3.63) is 60.4 Å². The molecule has 0 aliphatic rings. The SMILES string of the molecule is OCc1ccc2c[n+]3ccccc3cc2c1. The summed E-state index contributed by atoms with van der Waals surface area (Å²) in [4.78, 5) is 0. The Morgan fingerprint density at radius 3 is 2.81 bits per heavy atom. The smallest absolute Gasteiger partial charge is 0.211 e. The van der Waals surface area contributed by atoms with Gasteiger partial charge in [0.25, 0.3) is 0 Å². The number of pyridine rings is 2. The van der Waals surface area contributed by atoms with Crippen molar-refractivity contribution < 1.29 is 9.51 Å². The Morgan fingerprint density at radius 1 is 1.00 bits per heavy atom. The number of hydrogen-bond donors (Lipinski definition) is 1. The molecule has 1 aromatic carbocycles. The van der Waals surface area contributed by atoms with Gasteiger partial charge in [0.2, 0.25) is 5.52 Å². The Hall–Kier alpha value is -1.93. The van der Waals surface area contributed by atoms with E-state index >= 15 is 0 Å². The first-order valence-corrected chi connectivity index (χ1v) is 5.30. The van der Waals surface area contributed by atoms with Crippen molar-refractivity contribution in [2.45, 2.75) is 6.61 Å². The highest BCUT2D eigenvalue weighted by atomic mass is 16.3. The molecule has 0 saturated heterocycles. The van der Waals surface area contributed by atoms with E-state index in [4.69, 9.17) is 5.11 Å². The third-order valence-corrected chi connectivity index (χ3v) is 2.84. The molecule has 2 aromatic heterocycles. The maximum atomic E-state index is 9.11. The molecule has 1 N–H and O–H groups in total. The van der Waals surface area contributed by atoms with Crippen LogP contribution in [0.15, 0.2) is 54.9 Å². The topological polar surface area (TPSA) is 24.3 Å². The van der Waals surface area contributed by atoms with Gasteiger partial charge < -0.3 is 5.11 Å². The molecule has 78 valence electrons. The molecule has 16 heavy (non-hydrogen) atoms. The Morgan fingerprint density at radius 2 is 1.94 bits per heavy atom. The van der Waals surface area contributed by atoms with Gasteiger partial charge in [-0.15, -0.1) is 0 Å². The van der Waals surface area contributed by atoms with E-state index in [2.05, 4.69) is 22.7 Å². The van der Waals surface area contributed by atoms with Gasteiger partial charge in [-0.1, -0.05) is 6.07 Å². The molecule has 0 unspecified atom stereocenters. The van der Waals surface area contributed by atoms with Gasteiger partial charge in [-0.25, -0.2) is 0 Å². The molecule has 0 radical (unpaired) electrons. The lowest BCUT2D eigenvalue weighted by Crippen LogP contribution is -2.19. The summed E-state index contributed by atoms with van der Waals surface area (Å²) in [6, 6.07) is 14.3. The van der Waals surface area contributed by atoms with Crippen LogP contribution in [0.25, 0.3) is 16.3 Å². The first-order valence-electron chi connectivity index (χ1n) is 5.30. The lowest BCUT2D eigenvalue weighted by molar-refractivity contribution is -0.510. The standard InChI is InChI=1S/C14H12NO/c16-10-11-4-5-12-9-15-6-2-1-3-14(15)8-13(12)7-11/h1-9,16H,10H2/q+1. The molecule has 0 saturated carbocycles. The van der Waals surface area contributed by atoms with Crippen molar-refractivity contribution >= 4 is 16.3 Å². The van der Waals surface area contributed by atoms with Gasteiger partial charge in [0.15, 0.2) is 12.4 Å². The summed E-state index contributed by atoms with van der Waals surface area (Å²) in [6.07, 6.45) is 4.14. The van der Waals surface area contributed by atoms with Gasteiger partial charge in [0.1, 0.15) is 0 Å². The largest absolute Gasteiger partial charge is 0.392 e. The van der Waals surface area contributed by atoms with Gasteiger partial charge in [-0.2, -0.15) is 4.40 Å². The van der Waals surface area contributed by atoms with Gasteiger partial charge in [-0.05, 0) is 29.1 Å². The van der Waals surface area contributed by atoms with Crippen LogP contribution in [0.5, 0.6) is 0 Å². The summed E-state index contributed by atoms with van der Waals surface area (Å²) in [7, 11) is 0. The number of benzene rings is 1. The van der Waals surface area contributed by atoms with E-state index in [0.29, 0.717) is 0 Å². The highest BCUT2D eigenvalue weighted by Crippen LogP contribution is 2.16. The van der Waals surface area contributed by atoms with Crippen LogP contribution in [0.2, 0.25) is 0 Å². The normalized spacial score (nSPS) is 11.1. The zero-order valence-corrected chi connectivity index (χ0v) is 8.80. The number of rotatable bonds is 1. The van der Waals surface area contributed by atoms with E-state index in [9.17, 15) is 0 Å². The second-order valence-corrected chi connectivity index (χ2v) is 3.93. The lowest BCUT2D eigenvalue weighted by Gasteiger charge is -1.99. The molecule has 2 heterocycles. The van der Waals surface area contributed by atoms with Crippen molar-refractivity contribution in [3.63, 3.8) is 0 Å². The average molecular weight is 210 g/mol. The Bertz CT molecular complexity index is 661. The predicted octanol–water partition coefficient (Wildman–Crippen LogP) is 2.07. The van der Waals surface area contributed by atoms with Gasteiger partial charge in [0.05, 0.1) is 6.61 Å². The number of nitrogens with zero attached hydrogens (tertiary/aromatic N) is 1. The molecular weight excluding hydrogens is 198 g/mol. The molecule has 0 spiro atoms. The quantitative estimate of drug-likeness (QED) is 0.482. The maximum Gasteiger partial charge on any atom is 0.211 e. The van der Waals surface area contributed by atoms with E-state index in [1.54, 1.807) is 0 Å². The minimum atomic E-state index is 0.0932. The van der Waals surface area contributed by atoms with Crippen LogP contribution in [-0.2, 0) is 6.61 Å². The van der Waals surface area contributed by atoms with Crippen LogP contribution >= 0.6 is 0 Å². The van der Waals surface area contributed by atoms with Crippen LogP contribution in [0.3, 0.4) is 0 Å². The molecule has 0 aliphatic carbocycles. The number of aliphatic hydroxyl groups excluding tert-OH is 1. The second-order valence-electron chi connectivity index (χ2n) is 3.93. The molecular formula is C14H12NO+. The van der Waals surface area contributed by atoms with Crippen LogP contribution in [0, 0.1) is 0 Å². The van der Waals surface area contributed by atoms with Gasteiger partial charge in [-0.3, -0.25) is 0 Å². The third kappa shape index (κ3) is 1.44. The number of fused-ring (bicyclic) bond motifs is 2. The number of aromatic nitrogens is 1. The fourth-order valence-corrected chi connectivity index (χ4v) is 1.98. The minimum Gasteiger partial charge on any atom is -0.392 e. The van der Waals surface area contributed by atoms with Crippen molar-refractivity contribution in [1.29, 1.82) is 0 Å². The van der Waals surface area contributed by atoms with E-state index in [1.807, 2.05) is 36.5 Å². The molecule has 0 fully saturated rings. The number of aliphatic hydroxyl groups is 1. The molecule has 0 amide bonds. The van der Waals surface area contributed by atoms with Crippen LogP contribution < -0.4 is 4.40 Å². The molecule has 0 aliphatic heterocycles. The lowest BCUT2D eigenvalue weighted by atomic mass is 10.1. The summed E-state index contributed by atoms with van der Waals surface area (Å²) in [5.74, 6) is 0. The van der Waals surface area contributed by atoms with Gasteiger partial charge >= 0.3 is 0 Å². The molecule has 3 aromatic rings. The Balaban J connectivity index is 2.37. The van der Waals surface area contributed by atoms with Crippen molar-refractivity contribution in [2.75, 3.05) is 0 Å². The van der Waals surface area contributed by atoms with Crippen LogP contribution in [0.4, 0.5) is 0 Å². The summed E-state index contributed by atoms with van der Waals surface area (Å²) in [5.41, 5.74) is 2.11. The molecule has 2 heteroatoms. The van der Waals surface area contributed by atoms with E-state index in [1.165, 1.54) is 5.39 Å². The number of hydrogen-bond acceptors (Lipinski definition) is 1. The van der Waals surface area contributed by atoms with E-state index < -0.39 is 0 Å². The van der Waals surface area contributed by atoms with E-state index in [0.717, 1.165) is 16.5 Å². The summed E-state index contributed by atoms with van der Waals surface area (Å²) >= 11 is 0. The zero-order chi connectivity index (χ0) is 11.0. The molecule has 2 nitrogen and oxygen atoms in total. The van der Waals surface area contributed by atoms with Gasteiger partial charge in [0, 0.05) is 23.6 Å². The Labute approximate surface area is 93.4 Å². The molecule has 3 rings (SSSR count). The predicted molar refractivity (Wildman–Crippen MR) is 63.0 cm³/mol. The average Bonchev–Trinajstić information content (AvgIpc) is 2.35. The van der Waals surface area contributed by atoms with E-state index in [-0.39, 0.29) is 6.61 Å². The van der Waals surface area contributed by atoms with Crippen molar-refractivity contribution in [1.82, 2.24) is 0 Å². The van der Waals surface area contributed by atoms with Crippen molar-refractivity contribution in [2.24, 2.45) is 0 Å². The van der Waals surface area contributed by atoms with Crippen LogP contribution in [-0.4, -0.2) is 5.11 Å². The monoisotopic (exact) mass is 210 g/mol. The summed E-state index contributed by atoms with van der Waals surface area (Å²) < 4.78 is 2.10. The van der Waals surface area contributed by atoms with Crippen LogP contribution in [0.1, 0.15) is 5.56 Å². The fourth-order valence-electron chi connectivity index (χ4n) is 1.98. The highest BCUT2D eigenvalue weighted by molar-refractivity contribution is 5.84. The molecule has 0 bridgehead atoms. The third-order valence-electron chi connectivity index (χ3n) is 2.84. The minimum absolute atomic E-state index is 0.0932. The first kappa shape index (κ1) is 9.31. The first-order chi connectivity index (χ1) is 7.86. The highest BCUT2D eigenvalue weighted by Gasteiger charge is 2.04. The second kappa shape index (κ2) is 3.58.